The van der Waals surface area contributed by atoms with E-state index >= 15 is 0 Å². The number of nitrogens with one attached hydrogen (secondary N) is 2. The van der Waals surface area contributed by atoms with Crippen molar-refractivity contribution in [1.82, 2.24) is 0 Å². The van der Waals surface area contributed by atoms with Crippen LogP contribution in [0.4, 0.5) is 11.4 Å². The molecule has 1 unspecified atom stereocenters. The minimum absolute atomic E-state index is 0.0328. The molecule has 0 aliphatic heterocycles. The van der Waals surface area contributed by atoms with Crippen molar-refractivity contribution in [2.45, 2.75) is 37.3 Å². The third-order valence-electron chi connectivity index (χ3n) is 4.77. The van der Waals surface area contributed by atoms with Crippen molar-refractivity contribution in [1.29, 1.82) is 0 Å². The molecule has 31 heavy (non-hydrogen) atoms. The topological polar surface area (TPSA) is 58.2 Å². The van der Waals surface area contributed by atoms with E-state index in [1.807, 2.05) is 63.2 Å². The van der Waals surface area contributed by atoms with Crippen LogP contribution in [-0.4, -0.2) is 17.1 Å². The lowest BCUT2D eigenvalue weighted by Gasteiger charge is -2.17. The Labute approximate surface area is 192 Å². The van der Waals surface area contributed by atoms with Gasteiger partial charge >= 0.3 is 0 Å². The average Bonchev–Trinajstić information content (AvgIpc) is 2.74. The van der Waals surface area contributed by atoms with Gasteiger partial charge in [0.15, 0.2) is 0 Å². The standard InChI is InChI=1S/C25H25ClN2O2S/c1-4-23(25(30)28-22-13-16(2)11-12-17(22)3)31-21-10-6-9-20(15-21)27-24(29)18-7-5-8-19(26)14-18/h5-15,23H,4H2,1-3H3,(H,27,29)(H,28,30). The number of hydrogen-bond donors (Lipinski definition) is 2. The summed E-state index contributed by atoms with van der Waals surface area (Å²) in [7, 11) is 0. The van der Waals surface area contributed by atoms with Crippen molar-refractivity contribution in [3.8, 4) is 0 Å². The lowest BCUT2D eigenvalue weighted by Crippen LogP contribution is -2.25. The number of anilines is 2. The first-order chi connectivity index (χ1) is 14.9. The van der Waals surface area contributed by atoms with E-state index in [4.69, 9.17) is 11.6 Å². The third-order valence-corrected chi connectivity index (χ3v) is 6.36. The number of hydrogen-bond acceptors (Lipinski definition) is 3. The second-order valence-electron chi connectivity index (χ2n) is 7.31. The summed E-state index contributed by atoms with van der Waals surface area (Å²) < 4.78 is 0. The Morgan fingerprint density at radius 2 is 1.74 bits per heavy atom. The van der Waals surface area contributed by atoms with Crippen LogP contribution >= 0.6 is 23.4 Å². The van der Waals surface area contributed by atoms with Crippen molar-refractivity contribution in [2.75, 3.05) is 10.6 Å². The van der Waals surface area contributed by atoms with Gasteiger partial charge in [-0.2, -0.15) is 0 Å². The molecule has 1 atom stereocenters. The van der Waals surface area contributed by atoms with Crippen LogP contribution in [0.15, 0.2) is 71.6 Å². The van der Waals surface area contributed by atoms with Crippen LogP contribution in [0.25, 0.3) is 0 Å². The molecule has 2 amide bonds. The first-order valence-corrected chi connectivity index (χ1v) is 11.3. The SMILES string of the molecule is CCC(Sc1cccc(NC(=O)c2cccc(Cl)c2)c1)C(=O)Nc1cc(C)ccc1C. The highest BCUT2D eigenvalue weighted by Gasteiger charge is 2.19. The van der Waals surface area contributed by atoms with Gasteiger partial charge in [0.25, 0.3) is 5.91 Å². The number of rotatable bonds is 7. The maximum Gasteiger partial charge on any atom is 0.255 e. The van der Waals surface area contributed by atoms with Gasteiger partial charge in [0.05, 0.1) is 5.25 Å². The van der Waals surface area contributed by atoms with Gasteiger partial charge in [-0.05, 0) is 73.9 Å². The van der Waals surface area contributed by atoms with Crippen molar-refractivity contribution in [2.24, 2.45) is 0 Å². The summed E-state index contributed by atoms with van der Waals surface area (Å²) in [6, 6.07) is 20.3. The molecule has 160 valence electrons. The molecule has 0 radical (unpaired) electrons. The van der Waals surface area contributed by atoms with E-state index in [2.05, 4.69) is 10.6 Å². The predicted octanol–water partition coefficient (Wildman–Crippen LogP) is 6.72. The van der Waals surface area contributed by atoms with Crippen LogP contribution in [0, 0.1) is 13.8 Å². The van der Waals surface area contributed by atoms with E-state index < -0.39 is 0 Å². The summed E-state index contributed by atoms with van der Waals surface area (Å²) in [5.41, 5.74) is 4.13. The summed E-state index contributed by atoms with van der Waals surface area (Å²) >= 11 is 7.46. The fourth-order valence-corrected chi connectivity index (χ4v) is 4.25. The van der Waals surface area contributed by atoms with Crippen LogP contribution < -0.4 is 10.6 Å². The van der Waals surface area contributed by atoms with E-state index in [-0.39, 0.29) is 17.1 Å². The quantitative estimate of drug-likeness (QED) is 0.391. The van der Waals surface area contributed by atoms with Gasteiger partial charge in [-0.1, -0.05) is 42.8 Å². The van der Waals surface area contributed by atoms with Crippen LogP contribution in [0.2, 0.25) is 5.02 Å². The molecule has 0 aliphatic carbocycles. The van der Waals surface area contributed by atoms with Crippen LogP contribution in [0.5, 0.6) is 0 Å². The van der Waals surface area contributed by atoms with E-state index in [0.717, 1.165) is 21.7 Å². The number of aryl methyl sites for hydroxylation is 2. The van der Waals surface area contributed by atoms with Crippen molar-refractivity contribution < 1.29 is 9.59 Å². The molecule has 4 nitrogen and oxygen atoms in total. The number of carbonyl (C=O) groups excluding carboxylic acids is 2. The number of amides is 2. The summed E-state index contributed by atoms with van der Waals surface area (Å²) in [6.45, 7) is 5.98. The van der Waals surface area contributed by atoms with Crippen molar-refractivity contribution >= 4 is 46.6 Å². The van der Waals surface area contributed by atoms with Gasteiger partial charge in [-0.3, -0.25) is 9.59 Å². The molecule has 0 spiro atoms. The summed E-state index contributed by atoms with van der Waals surface area (Å²) in [5.74, 6) is -0.265. The lowest BCUT2D eigenvalue weighted by molar-refractivity contribution is -0.115. The Morgan fingerprint density at radius 1 is 0.968 bits per heavy atom. The molecule has 2 N–H and O–H groups in total. The third kappa shape index (κ3) is 6.36. The number of thioether (sulfide) groups is 1. The molecular formula is C25H25ClN2O2S. The summed E-state index contributed by atoms with van der Waals surface area (Å²) in [4.78, 5) is 26.3. The first-order valence-electron chi connectivity index (χ1n) is 10.1. The highest BCUT2D eigenvalue weighted by Crippen LogP contribution is 2.29. The van der Waals surface area contributed by atoms with Gasteiger partial charge in [0, 0.05) is 26.9 Å². The fraction of sp³-hybridized carbons (Fsp3) is 0.200. The zero-order valence-electron chi connectivity index (χ0n) is 17.7. The second kappa shape index (κ2) is 10.5. The maximum atomic E-state index is 12.9. The van der Waals surface area contributed by atoms with Crippen LogP contribution in [0.1, 0.15) is 34.8 Å². The molecule has 0 bridgehead atoms. The zero-order chi connectivity index (χ0) is 22.4. The smallest absolute Gasteiger partial charge is 0.255 e. The number of carbonyl (C=O) groups is 2. The Hall–Kier alpha value is -2.76. The number of benzene rings is 3. The zero-order valence-corrected chi connectivity index (χ0v) is 19.3. The van der Waals surface area contributed by atoms with Gasteiger partial charge in [0.1, 0.15) is 0 Å². The summed E-state index contributed by atoms with van der Waals surface area (Å²) in [6.07, 6.45) is 0.681. The van der Waals surface area contributed by atoms with Gasteiger partial charge in [-0.15, -0.1) is 11.8 Å². The molecule has 0 aliphatic rings. The molecule has 6 heteroatoms. The normalized spacial score (nSPS) is 11.6. The van der Waals surface area contributed by atoms with Crippen LogP contribution in [0.3, 0.4) is 0 Å². The Kier molecular flexibility index (Phi) is 7.77. The van der Waals surface area contributed by atoms with Crippen LogP contribution in [-0.2, 0) is 4.79 Å². The second-order valence-corrected chi connectivity index (χ2v) is 9.03. The Morgan fingerprint density at radius 3 is 2.48 bits per heavy atom. The fourth-order valence-electron chi connectivity index (χ4n) is 3.05. The number of halogens is 1. The maximum absolute atomic E-state index is 12.9. The molecule has 0 aromatic heterocycles. The Bertz CT molecular complexity index is 1100. The molecule has 3 aromatic carbocycles. The lowest BCUT2D eigenvalue weighted by atomic mass is 10.1. The van der Waals surface area contributed by atoms with E-state index in [0.29, 0.717) is 22.7 Å². The van der Waals surface area contributed by atoms with E-state index in [1.165, 1.54) is 11.8 Å². The molecule has 3 rings (SSSR count). The van der Waals surface area contributed by atoms with Gasteiger partial charge in [-0.25, -0.2) is 0 Å². The molecular weight excluding hydrogens is 428 g/mol. The highest BCUT2D eigenvalue weighted by molar-refractivity contribution is 8.00. The molecule has 0 heterocycles. The van der Waals surface area contributed by atoms with E-state index in [9.17, 15) is 9.59 Å². The monoisotopic (exact) mass is 452 g/mol. The minimum atomic E-state index is -0.251. The predicted molar refractivity (Wildman–Crippen MR) is 130 cm³/mol. The molecule has 0 saturated carbocycles. The van der Waals surface area contributed by atoms with Gasteiger partial charge in [0.2, 0.25) is 5.91 Å². The van der Waals surface area contributed by atoms with Gasteiger partial charge < -0.3 is 10.6 Å². The van der Waals surface area contributed by atoms with Crippen molar-refractivity contribution in [3.63, 3.8) is 0 Å². The van der Waals surface area contributed by atoms with E-state index in [1.54, 1.807) is 24.3 Å². The highest BCUT2D eigenvalue weighted by atomic mass is 35.5. The summed E-state index contributed by atoms with van der Waals surface area (Å²) in [5, 5.41) is 6.20. The largest absolute Gasteiger partial charge is 0.325 e. The molecule has 0 saturated heterocycles. The van der Waals surface area contributed by atoms with Crippen molar-refractivity contribution in [3.05, 3.63) is 88.4 Å². The minimum Gasteiger partial charge on any atom is -0.325 e. The molecule has 3 aromatic rings. The average molecular weight is 453 g/mol. The first kappa shape index (κ1) is 22.9. The molecule has 0 fully saturated rings. The Balaban J connectivity index is 1.68.